The molecule has 122 valence electrons. The van der Waals surface area contributed by atoms with Crippen LogP contribution in [0.1, 0.15) is 36.0 Å². The average molecular weight is 316 g/mol. The number of aromatic nitrogens is 2. The van der Waals surface area contributed by atoms with Gasteiger partial charge in [-0.05, 0) is 43.9 Å². The van der Waals surface area contributed by atoms with Gasteiger partial charge in [-0.1, -0.05) is 0 Å². The molecule has 1 saturated carbocycles. The van der Waals surface area contributed by atoms with Crippen molar-refractivity contribution in [1.82, 2.24) is 20.6 Å². The molecule has 4 N–H and O–H groups in total. The monoisotopic (exact) mass is 316 g/mol. The predicted molar refractivity (Wildman–Crippen MR) is 86.2 cm³/mol. The summed E-state index contributed by atoms with van der Waals surface area (Å²) in [5, 5.41) is 5.69. The summed E-state index contributed by atoms with van der Waals surface area (Å²) in [6, 6.07) is 5.16. The molecule has 0 unspecified atom stereocenters. The van der Waals surface area contributed by atoms with Crippen LogP contribution in [0.15, 0.2) is 23.0 Å². The van der Waals surface area contributed by atoms with E-state index in [-0.39, 0.29) is 29.5 Å². The molecule has 0 bridgehead atoms. The Bertz CT molecular complexity index is 784. The number of nitrogens with one attached hydrogen (secondary N) is 4. The molecule has 0 radical (unpaired) electrons. The Kier molecular flexibility index (Phi) is 4.18. The summed E-state index contributed by atoms with van der Waals surface area (Å²) >= 11 is 0. The molecule has 2 aromatic rings. The molecule has 7 heteroatoms. The number of amides is 2. The Balaban J connectivity index is 1.62. The lowest BCUT2D eigenvalue weighted by molar-refractivity contribution is -0.125. The van der Waals surface area contributed by atoms with Crippen LogP contribution in [0.2, 0.25) is 0 Å². The zero-order valence-electron chi connectivity index (χ0n) is 12.9. The number of benzene rings is 1. The van der Waals surface area contributed by atoms with Gasteiger partial charge >= 0.3 is 5.69 Å². The van der Waals surface area contributed by atoms with Gasteiger partial charge in [-0.2, -0.15) is 0 Å². The van der Waals surface area contributed by atoms with Crippen molar-refractivity contribution in [1.29, 1.82) is 0 Å². The standard InChI is InChI=1S/C16H20N4O3/c1-17-14(21)9-2-5-11(6-3-9)18-15(22)10-4-7-12-13(8-10)20-16(23)19-12/h4,7-9,11H,2-3,5-6H2,1H3,(H,17,21)(H,18,22)(H2,19,20,23). The van der Waals surface area contributed by atoms with E-state index < -0.39 is 0 Å². The van der Waals surface area contributed by atoms with Crippen LogP contribution in [0.25, 0.3) is 11.0 Å². The van der Waals surface area contributed by atoms with Crippen LogP contribution in [-0.2, 0) is 4.79 Å². The fourth-order valence-electron chi connectivity index (χ4n) is 3.15. The molecule has 7 nitrogen and oxygen atoms in total. The Morgan fingerprint density at radius 3 is 2.48 bits per heavy atom. The number of H-pyrrole nitrogens is 2. The van der Waals surface area contributed by atoms with Gasteiger partial charge in [0.05, 0.1) is 11.0 Å². The van der Waals surface area contributed by atoms with E-state index in [1.165, 1.54) is 0 Å². The number of rotatable bonds is 3. The van der Waals surface area contributed by atoms with Crippen LogP contribution in [0.5, 0.6) is 0 Å². The highest BCUT2D eigenvalue weighted by Gasteiger charge is 2.26. The van der Waals surface area contributed by atoms with E-state index in [1.807, 2.05) is 0 Å². The first-order valence-electron chi connectivity index (χ1n) is 7.81. The summed E-state index contributed by atoms with van der Waals surface area (Å²) in [4.78, 5) is 40.5. The molecule has 1 fully saturated rings. The van der Waals surface area contributed by atoms with Gasteiger partial charge in [-0.3, -0.25) is 9.59 Å². The first kappa shape index (κ1) is 15.3. The smallest absolute Gasteiger partial charge is 0.323 e. The van der Waals surface area contributed by atoms with E-state index in [0.29, 0.717) is 16.6 Å². The fourth-order valence-corrected chi connectivity index (χ4v) is 3.15. The lowest BCUT2D eigenvalue weighted by atomic mass is 9.85. The quantitative estimate of drug-likeness (QED) is 0.675. The Morgan fingerprint density at radius 1 is 1.09 bits per heavy atom. The van der Waals surface area contributed by atoms with Crippen LogP contribution in [0, 0.1) is 5.92 Å². The minimum Gasteiger partial charge on any atom is -0.359 e. The van der Waals surface area contributed by atoms with Crippen LogP contribution in [0.4, 0.5) is 0 Å². The lowest BCUT2D eigenvalue weighted by Gasteiger charge is -2.28. The van der Waals surface area contributed by atoms with Crippen LogP contribution in [0.3, 0.4) is 0 Å². The van der Waals surface area contributed by atoms with E-state index in [9.17, 15) is 14.4 Å². The molecule has 0 saturated heterocycles. The van der Waals surface area contributed by atoms with E-state index in [2.05, 4.69) is 20.6 Å². The van der Waals surface area contributed by atoms with Gasteiger partial charge in [0.25, 0.3) is 5.91 Å². The van der Waals surface area contributed by atoms with Gasteiger partial charge < -0.3 is 20.6 Å². The van der Waals surface area contributed by atoms with Crippen LogP contribution in [-0.4, -0.2) is 34.9 Å². The fraction of sp³-hybridized carbons (Fsp3) is 0.438. The molecule has 23 heavy (non-hydrogen) atoms. The van der Waals surface area contributed by atoms with Crippen molar-refractivity contribution in [3.63, 3.8) is 0 Å². The van der Waals surface area contributed by atoms with E-state index in [0.717, 1.165) is 25.7 Å². The molecular weight excluding hydrogens is 296 g/mol. The number of carbonyl (C=O) groups excluding carboxylic acids is 2. The highest BCUT2D eigenvalue weighted by molar-refractivity contribution is 5.97. The summed E-state index contributed by atoms with van der Waals surface area (Å²) < 4.78 is 0. The minimum atomic E-state index is -0.287. The zero-order chi connectivity index (χ0) is 16.4. The molecule has 1 aliphatic rings. The van der Waals surface area contributed by atoms with Crippen molar-refractivity contribution in [3.05, 3.63) is 34.2 Å². The maximum Gasteiger partial charge on any atom is 0.323 e. The number of hydrogen-bond donors (Lipinski definition) is 4. The van der Waals surface area contributed by atoms with E-state index in [4.69, 9.17) is 0 Å². The van der Waals surface area contributed by atoms with Gasteiger partial charge in [0, 0.05) is 24.6 Å². The van der Waals surface area contributed by atoms with Crippen molar-refractivity contribution >= 4 is 22.8 Å². The summed E-state index contributed by atoms with van der Waals surface area (Å²) in [6.45, 7) is 0. The number of aromatic amines is 2. The van der Waals surface area contributed by atoms with Crippen molar-refractivity contribution in [2.24, 2.45) is 5.92 Å². The van der Waals surface area contributed by atoms with Gasteiger partial charge in [0.15, 0.2) is 0 Å². The average Bonchev–Trinajstić information content (AvgIpc) is 2.93. The number of fused-ring (bicyclic) bond motifs is 1. The SMILES string of the molecule is CNC(=O)C1CCC(NC(=O)c2ccc3[nH]c(=O)[nH]c3c2)CC1. The first-order valence-corrected chi connectivity index (χ1v) is 7.81. The molecule has 0 aliphatic heterocycles. The maximum absolute atomic E-state index is 12.3. The number of imidazole rings is 1. The molecule has 1 aliphatic carbocycles. The van der Waals surface area contributed by atoms with Gasteiger partial charge in [-0.15, -0.1) is 0 Å². The third-order valence-electron chi connectivity index (χ3n) is 4.46. The van der Waals surface area contributed by atoms with Gasteiger partial charge in [0.2, 0.25) is 5.91 Å². The second kappa shape index (κ2) is 6.28. The van der Waals surface area contributed by atoms with E-state index >= 15 is 0 Å². The van der Waals surface area contributed by atoms with Gasteiger partial charge in [-0.25, -0.2) is 4.79 Å². The zero-order valence-corrected chi connectivity index (χ0v) is 12.9. The van der Waals surface area contributed by atoms with Crippen LogP contribution >= 0.6 is 0 Å². The Labute approximate surface area is 132 Å². The summed E-state index contributed by atoms with van der Waals surface area (Å²) in [7, 11) is 1.65. The highest BCUT2D eigenvalue weighted by Crippen LogP contribution is 2.24. The van der Waals surface area contributed by atoms with Crippen LogP contribution < -0.4 is 16.3 Å². The summed E-state index contributed by atoms with van der Waals surface area (Å²) in [5.41, 5.74) is 1.52. The third-order valence-corrected chi connectivity index (χ3v) is 4.46. The topological polar surface area (TPSA) is 107 Å². The van der Waals surface area contributed by atoms with Crippen molar-refractivity contribution in [2.75, 3.05) is 7.05 Å². The molecular formula is C16H20N4O3. The van der Waals surface area contributed by atoms with Crippen molar-refractivity contribution in [2.45, 2.75) is 31.7 Å². The first-order chi connectivity index (χ1) is 11.1. The second-order valence-electron chi connectivity index (χ2n) is 5.98. The maximum atomic E-state index is 12.3. The lowest BCUT2D eigenvalue weighted by Crippen LogP contribution is -2.40. The number of hydrogen-bond acceptors (Lipinski definition) is 3. The summed E-state index contributed by atoms with van der Waals surface area (Å²) in [5.74, 6) is -0.0246. The molecule has 3 rings (SSSR count). The highest BCUT2D eigenvalue weighted by atomic mass is 16.2. The normalized spacial score (nSPS) is 21.1. The number of carbonyl (C=O) groups is 2. The summed E-state index contributed by atoms with van der Waals surface area (Å²) in [6.07, 6.45) is 3.17. The second-order valence-corrected chi connectivity index (χ2v) is 5.98. The molecule has 1 heterocycles. The Hall–Kier alpha value is -2.57. The van der Waals surface area contributed by atoms with E-state index in [1.54, 1.807) is 25.2 Å². The van der Waals surface area contributed by atoms with Crippen molar-refractivity contribution < 1.29 is 9.59 Å². The molecule has 0 atom stereocenters. The largest absolute Gasteiger partial charge is 0.359 e. The third kappa shape index (κ3) is 3.28. The molecule has 2 amide bonds. The molecule has 1 aromatic heterocycles. The molecule has 0 spiro atoms. The van der Waals surface area contributed by atoms with Crippen molar-refractivity contribution in [3.8, 4) is 0 Å². The Morgan fingerprint density at radius 2 is 1.78 bits per heavy atom. The molecule has 1 aromatic carbocycles. The minimum absolute atomic E-state index is 0.0504. The van der Waals surface area contributed by atoms with Gasteiger partial charge in [0.1, 0.15) is 0 Å². The predicted octanol–water partition coefficient (Wildman–Crippen LogP) is 0.891.